The molecule has 1 heterocycles. The first kappa shape index (κ1) is 9.09. The summed E-state index contributed by atoms with van der Waals surface area (Å²) in [6.07, 6.45) is 4.43. The van der Waals surface area contributed by atoms with E-state index in [4.69, 9.17) is 5.53 Å². The van der Waals surface area contributed by atoms with E-state index in [2.05, 4.69) is 31.1 Å². The Balaban J connectivity index is 2.28. The van der Waals surface area contributed by atoms with Gasteiger partial charge in [0.1, 0.15) is 0 Å². The number of halogens is 1. The van der Waals surface area contributed by atoms with E-state index in [0.29, 0.717) is 6.54 Å². The molecular formula is C6H8BrN5. The Morgan fingerprint density at radius 1 is 1.75 bits per heavy atom. The Bertz CT molecular complexity index is 288. The molecule has 0 unspecified atom stereocenters. The molecule has 0 radical (unpaired) electrons. The van der Waals surface area contributed by atoms with Gasteiger partial charge in [-0.1, -0.05) is 5.11 Å². The van der Waals surface area contributed by atoms with Crippen LogP contribution in [0.4, 0.5) is 0 Å². The molecule has 0 aliphatic heterocycles. The van der Waals surface area contributed by atoms with Crippen molar-refractivity contribution in [1.29, 1.82) is 0 Å². The van der Waals surface area contributed by atoms with Crippen LogP contribution in [0, 0.1) is 0 Å². The van der Waals surface area contributed by atoms with Gasteiger partial charge in [-0.25, -0.2) is 0 Å². The van der Waals surface area contributed by atoms with E-state index < -0.39 is 0 Å². The molecule has 0 bridgehead atoms. The minimum Gasteiger partial charge on any atom is -0.272 e. The molecule has 0 amide bonds. The maximum atomic E-state index is 8.00. The van der Waals surface area contributed by atoms with Crippen molar-refractivity contribution in [2.75, 3.05) is 6.54 Å². The van der Waals surface area contributed by atoms with Crippen LogP contribution in [0.15, 0.2) is 22.0 Å². The van der Waals surface area contributed by atoms with Gasteiger partial charge in [-0.3, -0.25) is 4.68 Å². The highest BCUT2D eigenvalue weighted by Crippen LogP contribution is 2.06. The number of aromatic nitrogens is 2. The van der Waals surface area contributed by atoms with Gasteiger partial charge in [0, 0.05) is 24.2 Å². The molecule has 0 atom stereocenters. The number of hydrogen-bond acceptors (Lipinski definition) is 2. The van der Waals surface area contributed by atoms with Gasteiger partial charge in [-0.15, -0.1) is 0 Å². The lowest BCUT2D eigenvalue weighted by Gasteiger charge is -1.96. The van der Waals surface area contributed by atoms with Gasteiger partial charge in [-0.05, 0) is 27.9 Å². The predicted molar refractivity (Wildman–Crippen MR) is 48.6 cm³/mol. The number of azide groups is 1. The summed E-state index contributed by atoms with van der Waals surface area (Å²) < 4.78 is 2.77. The summed E-state index contributed by atoms with van der Waals surface area (Å²) in [6.45, 7) is 1.30. The predicted octanol–water partition coefficient (Wildman–Crippen LogP) is 2.35. The van der Waals surface area contributed by atoms with E-state index in [1.54, 1.807) is 10.9 Å². The summed E-state index contributed by atoms with van der Waals surface area (Å²) in [6, 6.07) is 0. The molecule has 6 heteroatoms. The van der Waals surface area contributed by atoms with Gasteiger partial charge in [0.2, 0.25) is 0 Å². The monoisotopic (exact) mass is 229 g/mol. The molecule has 64 valence electrons. The average Bonchev–Trinajstić information content (AvgIpc) is 2.45. The first-order chi connectivity index (χ1) is 5.83. The molecule has 5 nitrogen and oxygen atoms in total. The van der Waals surface area contributed by atoms with Gasteiger partial charge in [0.05, 0.1) is 10.7 Å². The van der Waals surface area contributed by atoms with Crippen molar-refractivity contribution < 1.29 is 0 Å². The van der Waals surface area contributed by atoms with Crippen LogP contribution < -0.4 is 0 Å². The maximum Gasteiger partial charge on any atom is 0.0632 e. The van der Waals surface area contributed by atoms with Crippen molar-refractivity contribution in [1.82, 2.24) is 9.78 Å². The average molecular weight is 230 g/mol. The smallest absolute Gasteiger partial charge is 0.0632 e. The highest BCUT2D eigenvalue weighted by molar-refractivity contribution is 9.10. The number of rotatable bonds is 4. The minimum absolute atomic E-state index is 0.522. The zero-order valence-corrected chi connectivity index (χ0v) is 7.98. The lowest BCUT2D eigenvalue weighted by molar-refractivity contribution is 0.584. The van der Waals surface area contributed by atoms with Crippen molar-refractivity contribution in [2.24, 2.45) is 5.11 Å². The van der Waals surface area contributed by atoms with Crippen molar-refractivity contribution in [3.63, 3.8) is 0 Å². The Hall–Kier alpha value is -1.00. The molecule has 0 aromatic carbocycles. The van der Waals surface area contributed by atoms with Crippen molar-refractivity contribution >= 4 is 15.9 Å². The van der Waals surface area contributed by atoms with Crippen LogP contribution in [0.3, 0.4) is 0 Å². The zero-order chi connectivity index (χ0) is 8.81. The van der Waals surface area contributed by atoms with E-state index in [9.17, 15) is 0 Å². The van der Waals surface area contributed by atoms with Gasteiger partial charge in [0.25, 0.3) is 0 Å². The Morgan fingerprint density at radius 2 is 2.58 bits per heavy atom. The first-order valence-corrected chi connectivity index (χ1v) is 4.31. The molecule has 0 aliphatic carbocycles. The van der Waals surface area contributed by atoms with Crippen molar-refractivity contribution in [3.05, 3.63) is 27.3 Å². The molecule has 1 aromatic heterocycles. The van der Waals surface area contributed by atoms with Crippen LogP contribution in [-0.4, -0.2) is 16.3 Å². The SMILES string of the molecule is [N-]=[N+]=NCCCn1cc(Br)cn1. The fraction of sp³-hybridized carbons (Fsp3) is 0.500. The summed E-state index contributed by atoms with van der Waals surface area (Å²) in [4.78, 5) is 2.66. The largest absolute Gasteiger partial charge is 0.272 e. The van der Waals surface area contributed by atoms with Gasteiger partial charge in [-0.2, -0.15) is 5.10 Å². The maximum absolute atomic E-state index is 8.00. The van der Waals surface area contributed by atoms with E-state index >= 15 is 0 Å². The molecule has 0 aliphatic rings. The molecule has 0 N–H and O–H groups in total. The highest BCUT2D eigenvalue weighted by Gasteiger charge is 1.93. The standard InChI is InChI=1S/C6H8BrN5/c7-6-4-10-12(5-6)3-1-2-9-11-8/h4-5H,1-3H2. The second-order valence-corrected chi connectivity index (χ2v) is 3.15. The fourth-order valence-corrected chi connectivity index (χ4v) is 1.14. The summed E-state index contributed by atoms with van der Waals surface area (Å²) in [5.74, 6) is 0. The van der Waals surface area contributed by atoms with E-state index in [-0.39, 0.29) is 0 Å². The molecule has 0 spiro atoms. The van der Waals surface area contributed by atoms with Gasteiger partial charge in [0.15, 0.2) is 0 Å². The third-order valence-electron chi connectivity index (χ3n) is 1.31. The van der Waals surface area contributed by atoms with Crippen molar-refractivity contribution in [3.8, 4) is 0 Å². The third-order valence-corrected chi connectivity index (χ3v) is 1.72. The first-order valence-electron chi connectivity index (χ1n) is 3.52. The number of aryl methyl sites for hydroxylation is 1. The highest BCUT2D eigenvalue weighted by atomic mass is 79.9. The second-order valence-electron chi connectivity index (χ2n) is 2.23. The Morgan fingerprint density at radius 3 is 3.17 bits per heavy atom. The van der Waals surface area contributed by atoms with E-state index in [0.717, 1.165) is 17.4 Å². The van der Waals surface area contributed by atoms with Crippen LogP contribution in [0.5, 0.6) is 0 Å². The number of hydrogen-bond donors (Lipinski definition) is 0. The molecule has 1 rings (SSSR count). The van der Waals surface area contributed by atoms with Gasteiger partial charge < -0.3 is 0 Å². The Kier molecular flexibility index (Phi) is 3.63. The summed E-state index contributed by atoms with van der Waals surface area (Å²) in [5.41, 5.74) is 8.00. The summed E-state index contributed by atoms with van der Waals surface area (Å²) in [7, 11) is 0. The quantitative estimate of drug-likeness (QED) is 0.338. The molecule has 12 heavy (non-hydrogen) atoms. The normalized spacial score (nSPS) is 9.42. The zero-order valence-electron chi connectivity index (χ0n) is 6.39. The third kappa shape index (κ3) is 2.94. The second kappa shape index (κ2) is 4.79. The van der Waals surface area contributed by atoms with Crippen LogP contribution in [0.2, 0.25) is 0 Å². The molecule has 0 fully saturated rings. The fourth-order valence-electron chi connectivity index (χ4n) is 0.809. The molecule has 1 aromatic rings. The minimum atomic E-state index is 0.522. The van der Waals surface area contributed by atoms with Crippen LogP contribution in [-0.2, 0) is 6.54 Å². The van der Waals surface area contributed by atoms with Crippen LogP contribution in [0.1, 0.15) is 6.42 Å². The van der Waals surface area contributed by atoms with E-state index in [1.807, 2.05) is 6.20 Å². The van der Waals surface area contributed by atoms with Gasteiger partial charge >= 0.3 is 0 Å². The Labute approximate surface area is 78.1 Å². The molecule has 0 saturated heterocycles. The lowest BCUT2D eigenvalue weighted by Crippen LogP contribution is -1.98. The molecular weight excluding hydrogens is 222 g/mol. The lowest BCUT2D eigenvalue weighted by atomic mass is 10.4. The van der Waals surface area contributed by atoms with Crippen molar-refractivity contribution in [2.45, 2.75) is 13.0 Å². The van der Waals surface area contributed by atoms with Crippen LogP contribution in [0.25, 0.3) is 10.4 Å². The summed E-state index contributed by atoms with van der Waals surface area (Å²) in [5, 5.41) is 7.47. The topological polar surface area (TPSA) is 66.6 Å². The molecule has 0 saturated carbocycles. The van der Waals surface area contributed by atoms with E-state index in [1.165, 1.54) is 0 Å². The van der Waals surface area contributed by atoms with Crippen LogP contribution >= 0.6 is 15.9 Å². The summed E-state index contributed by atoms with van der Waals surface area (Å²) >= 11 is 3.29. The number of nitrogens with zero attached hydrogens (tertiary/aromatic N) is 5.